The van der Waals surface area contributed by atoms with Gasteiger partial charge in [0.2, 0.25) is 23.0 Å². The SMILES string of the molecule is O=C1C(Oc2c(Br)cc(Br)cc2Br)=C(Oc2c(Br)cc(Br)cc2Br)C(=O)C(Oc2c(Br)cc(Br)cc2Br)=C1Oc1c(Br)cc(Br)cc1Br. The van der Waals surface area contributed by atoms with E-state index in [1.807, 2.05) is 0 Å². The van der Waals surface area contributed by atoms with E-state index in [1.165, 1.54) is 0 Å². The molecule has 6 nitrogen and oxygen atoms in total. The van der Waals surface area contributed by atoms with Crippen LogP contribution in [0.3, 0.4) is 0 Å². The minimum absolute atomic E-state index is 0.192. The molecule has 1 aliphatic carbocycles. The zero-order chi connectivity index (χ0) is 35.2. The topological polar surface area (TPSA) is 71.1 Å². The Morgan fingerprint density at radius 1 is 0.292 bits per heavy atom. The van der Waals surface area contributed by atoms with Crippen LogP contribution in [0, 0.1) is 0 Å². The number of carbonyl (C=O) groups is 2. The number of ether oxygens (including phenoxy) is 4. The van der Waals surface area contributed by atoms with E-state index in [1.54, 1.807) is 48.5 Å². The monoisotopic (exact) mass is 1410 g/mol. The first-order valence-electron chi connectivity index (χ1n) is 12.4. The van der Waals surface area contributed by atoms with Crippen molar-refractivity contribution in [1.29, 1.82) is 0 Å². The van der Waals surface area contributed by atoms with E-state index in [9.17, 15) is 9.59 Å². The largest absolute Gasteiger partial charge is 0.447 e. The molecule has 0 aromatic heterocycles. The van der Waals surface area contributed by atoms with Crippen molar-refractivity contribution in [2.75, 3.05) is 0 Å². The fourth-order valence-electron chi connectivity index (χ4n) is 3.90. The van der Waals surface area contributed by atoms with E-state index >= 15 is 0 Å². The smallest absolute Gasteiger partial charge is 0.271 e. The summed E-state index contributed by atoms with van der Waals surface area (Å²) in [6.45, 7) is 0. The van der Waals surface area contributed by atoms with Gasteiger partial charge >= 0.3 is 0 Å². The molecule has 0 radical (unpaired) electrons. The predicted octanol–water partition coefficient (Wildman–Crippen LogP) is 15.0. The molecule has 0 saturated carbocycles. The average molecular weight is 1420 g/mol. The van der Waals surface area contributed by atoms with E-state index in [-0.39, 0.29) is 23.0 Å². The summed E-state index contributed by atoms with van der Waals surface area (Å²) in [4.78, 5) is 29.4. The fraction of sp³-hybridized carbons (Fsp3) is 0. The van der Waals surface area contributed by atoms with Crippen LogP contribution in [0.2, 0.25) is 0 Å². The number of hydrogen-bond acceptors (Lipinski definition) is 6. The van der Waals surface area contributed by atoms with Crippen LogP contribution < -0.4 is 18.9 Å². The van der Waals surface area contributed by atoms with Crippen molar-refractivity contribution >= 4 is 203 Å². The van der Waals surface area contributed by atoms with E-state index in [4.69, 9.17) is 18.9 Å². The van der Waals surface area contributed by atoms with Gasteiger partial charge in [-0.2, -0.15) is 0 Å². The Morgan fingerprint density at radius 3 is 0.583 bits per heavy atom. The molecule has 5 rings (SSSR count). The maximum absolute atomic E-state index is 14.7. The first-order chi connectivity index (χ1) is 22.5. The van der Waals surface area contributed by atoms with Crippen molar-refractivity contribution < 1.29 is 28.5 Å². The Kier molecular flexibility index (Phi) is 13.9. The molecule has 0 bridgehead atoms. The lowest BCUT2D eigenvalue weighted by atomic mass is 10.0. The molecule has 0 atom stereocenters. The van der Waals surface area contributed by atoms with Crippen LogP contribution in [0.25, 0.3) is 0 Å². The highest BCUT2D eigenvalue weighted by molar-refractivity contribution is 9.13. The Morgan fingerprint density at radius 2 is 0.438 bits per heavy atom. The van der Waals surface area contributed by atoms with Gasteiger partial charge in [-0.25, -0.2) is 0 Å². The second kappa shape index (κ2) is 16.8. The van der Waals surface area contributed by atoms with E-state index in [0.29, 0.717) is 35.8 Å². The molecule has 4 aromatic rings. The van der Waals surface area contributed by atoms with Crippen molar-refractivity contribution in [2.24, 2.45) is 0 Å². The normalized spacial score (nSPS) is 13.3. The Hall–Kier alpha value is 0.660. The van der Waals surface area contributed by atoms with Crippen molar-refractivity contribution in [1.82, 2.24) is 0 Å². The van der Waals surface area contributed by atoms with Gasteiger partial charge in [0.1, 0.15) is 0 Å². The number of rotatable bonds is 8. The minimum Gasteiger partial charge on any atom is -0.447 e. The van der Waals surface area contributed by atoms with Crippen LogP contribution in [0.4, 0.5) is 0 Å². The summed E-state index contributed by atoms with van der Waals surface area (Å²) < 4.78 is 31.7. The second-order valence-electron chi connectivity index (χ2n) is 9.18. The number of Topliss-reactive ketones (excluding diaryl/α,β-unsaturated/α-hetero) is 2. The Bertz CT molecular complexity index is 1730. The molecule has 18 heteroatoms. The number of ketones is 2. The Labute approximate surface area is 374 Å². The highest BCUT2D eigenvalue weighted by Crippen LogP contribution is 2.45. The van der Waals surface area contributed by atoms with Crippen LogP contribution >= 0.6 is 191 Å². The van der Waals surface area contributed by atoms with Gasteiger partial charge in [0.15, 0.2) is 23.0 Å². The first kappa shape index (κ1) is 39.9. The lowest BCUT2D eigenvalue weighted by Crippen LogP contribution is -2.33. The van der Waals surface area contributed by atoms with Crippen LogP contribution in [0.15, 0.2) is 125 Å². The fourth-order valence-corrected chi connectivity index (χ4v) is 13.6. The van der Waals surface area contributed by atoms with Crippen LogP contribution in [-0.4, -0.2) is 11.6 Å². The standard InChI is InChI=1S/C30H8Br12O6/c31-9-1-13(35)23(14(36)2-9)45-27-21(43)29(47-25-17(39)5-11(33)6-18(25)40)30(48-26-19(41)7-12(34)8-20(26)42)22(44)28(27)46-24-15(37)3-10(32)4-16(24)38/h1-8H. The van der Waals surface area contributed by atoms with Crippen molar-refractivity contribution in [2.45, 2.75) is 0 Å². The summed E-state index contributed by atoms with van der Waals surface area (Å²) in [5.74, 6) is -2.80. The Balaban J connectivity index is 1.77. The molecule has 48 heavy (non-hydrogen) atoms. The lowest BCUT2D eigenvalue weighted by Gasteiger charge is -2.25. The number of hydrogen-bond donors (Lipinski definition) is 0. The molecule has 0 saturated heterocycles. The quantitative estimate of drug-likeness (QED) is 0.164. The summed E-state index contributed by atoms with van der Waals surface area (Å²) in [7, 11) is 0. The van der Waals surface area contributed by atoms with E-state index in [2.05, 4.69) is 191 Å². The lowest BCUT2D eigenvalue weighted by molar-refractivity contribution is -0.122. The second-order valence-corrected chi connectivity index (χ2v) is 19.7. The molecule has 0 unspecified atom stereocenters. The highest BCUT2D eigenvalue weighted by atomic mass is 79.9. The van der Waals surface area contributed by atoms with Crippen molar-refractivity contribution in [3.8, 4) is 23.0 Å². The van der Waals surface area contributed by atoms with Gasteiger partial charge in [0.25, 0.3) is 11.6 Å². The van der Waals surface area contributed by atoms with Gasteiger partial charge in [0, 0.05) is 17.9 Å². The number of halogens is 12. The summed E-state index contributed by atoms with van der Waals surface area (Å²) in [6.07, 6.45) is 0. The molecule has 0 heterocycles. The van der Waals surface area contributed by atoms with Gasteiger partial charge < -0.3 is 18.9 Å². The van der Waals surface area contributed by atoms with Gasteiger partial charge in [-0.3, -0.25) is 9.59 Å². The summed E-state index contributed by atoms with van der Waals surface area (Å²) in [6, 6.07) is 13.8. The molecule has 0 amide bonds. The highest BCUT2D eigenvalue weighted by Gasteiger charge is 2.43. The zero-order valence-corrected chi connectivity index (χ0v) is 41.6. The van der Waals surface area contributed by atoms with E-state index < -0.39 is 34.6 Å². The first-order valence-corrected chi connectivity index (χ1v) is 21.9. The summed E-state index contributed by atoms with van der Waals surface area (Å²) in [5.41, 5.74) is 0. The molecular weight excluding hydrogens is 1420 g/mol. The third kappa shape index (κ3) is 8.88. The van der Waals surface area contributed by atoms with Gasteiger partial charge in [0.05, 0.1) is 35.8 Å². The summed E-state index contributed by atoms with van der Waals surface area (Å²) >= 11 is 41.6. The molecule has 0 fully saturated rings. The third-order valence-electron chi connectivity index (χ3n) is 5.91. The molecule has 1 aliphatic rings. The summed E-state index contributed by atoms with van der Waals surface area (Å²) in [5, 5.41) is 0. The molecule has 248 valence electrons. The van der Waals surface area contributed by atoms with E-state index in [0.717, 1.165) is 17.9 Å². The van der Waals surface area contributed by atoms with Gasteiger partial charge in [-0.1, -0.05) is 63.7 Å². The van der Waals surface area contributed by atoms with Crippen molar-refractivity contribution in [3.05, 3.63) is 125 Å². The van der Waals surface area contributed by atoms with Crippen LogP contribution in [-0.2, 0) is 9.59 Å². The van der Waals surface area contributed by atoms with Crippen LogP contribution in [0.1, 0.15) is 0 Å². The molecule has 0 spiro atoms. The van der Waals surface area contributed by atoms with Crippen molar-refractivity contribution in [3.63, 3.8) is 0 Å². The van der Waals surface area contributed by atoms with Crippen LogP contribution in [0.5, 0.6) is 23.0 Å². The zero-order valence-electron chi connectivity index (χ0n) is 22.6. The maximum atomic E-state index is 14.7. The van der Waals surface area contributed by atoms with Gasteiger partial charge in [-0.15, -0.1) is 0 Å². The molecule has 4 aromatic carbocycles. The average Bonchev–Trinajstić information content (AvgIpc) is 2.96. The third-order valence-corrected chi connectivity index (χ3v) is 12.4. The van der Waals surface area contributed by atoms with Gasteiger partial charge in [-0.05, 0) is 176 Å². The number of benzene rings is 4. The minimum atomic E-state index is -0.850. The maximum Gasteiger partial charge on any atom is 0.271 e. The molecular formula is C30H8Br12O6. The predicted molar refractivity (Wildman–Crippen MR) is 225 cm³/mol. The molecule has 0 N–H and O–H groups in total. The number of carbonyl (C=O) groups excluding carboxylic acids is 2. The molecule has 0 aliphatic heterocycles.